The van der Waals surface area contributed by atoms with Gasteiger partial charge >= 0.3 is 0 Å². The molecule has 1 aromatic heterocycles. The van der Waals surface area contributed by atoms with Gasteiger partial charge in [-0.05, 0) is 63.6 Å². The van der Waals surface area contributed by atoms with Crippen LogP contribution in [0.1, 0.15) is 63.3 Å². The summed E-state index contributed by atoms with van der Waals surface area (Å²) in [4.78, 5) is 23.0. The number of rotatable bonds is 10. The summed E-state index contributed by atoms with van der Waals surface area (Å²) in [6.07, 6.45) is 6.28. The minimum atomic E-state index is 0.321. The molecule has 2 saturated heterocycles. The van der Waals surface area contributed by atoms with E-state index in [9.17, 15) is 4.79 Å². The van der Waals surface area contributed by atoms with Crippen molar-refractivity contribution in [2.24, 2.45) is 4.99 Å². The summed E-state index contributed by atoms with van der Waals surface area (Å²) in [6.45, 7) is 10.0. The van der Waals surface area contributed by atoms with E-state index < -0.39 is 0 Å². The van der Waals surface area contributed by atoms with Gasteiger partial charge in [0.1, 0.15) is 0 Å². The zero-order valence-corrected chi connectivity index (χ0v) is 18.8. The van der Waals surface area contributed by atoms with Crippen molar-refractivity contribution in [2.75, 3.05) is 39.3 Å². The second-order valence-electron chi connectivity index (χ2n) is 7.96. The fourth-order valence-corrected chi connectivity index (χ4v) is 5.28. The average molecular weight is 420 g/mol. The van der Waals surface area contributed by atoms with E-state index in [4.69, 9.17) is 4.99 Å². The monoisotopic (exact) mass is 419 g/mol. The molecule has 0 radical (unpaired) electrons. The van der Waals surface area contributed by atoms with Crippen LogP contribution in [-0.4, -0.2) is 67.0 Å². The first-order chi connectivity index (χ1) is 14.2. The van der Waals surface area contributed by atoms with E-state index in [1.807, 2.05) is 11.3 Å². The molecule has 6 nitrogen and oxygen atoms in total. The van der Waals surface area contributed by atoms with E-state index in [2.05, 4.69) is 51.8 Å². The fraction of sp³-hybridized carbons (Fsp3) is 0.727. The minimum Gasteiger partial charge on any atom is -0.357 e. The van der Waals surface area contributed by atoms with Crippen LogP contribution in [-0.2, 0) is 4.79 Å². The highest BCUT2D eigenvalue weighted by atomic mass is 32.1. The van der Waals surface area contributed by atoms with Gasteiger partial charge in [0.25, 0.3) is 0 Å². The normalized spacial score (nSPS) is 20.3. The van der Waals surface area contributed by atoms with E-state index in [1.165, 1.54) is 30.8 Å². The van der Waals surface area contributed by atoms with Crippen LogP contribution >= 0.6 is 11.3 Å². The highest BCUT2D eigenvalue weighted by molar-refractivity contribution is 7.10. The lowest BCUT2D eigenvalue weighted by atomic mass is 10.1. The Morgan fingerprint density at radius 1 is 1.21 bits per heavy atom. The SMILES string of the molecule is CCNC(=NCC(c1cccs1)N1CCCC1)NCCC(CC)N1CCCC1=O. The molecule has 0 aliphatic carbocycles. The van der Waals surface area contributed by atoms with Crippen molar-refractivity contribution in [1.29, 1.82) is 0 Å². The predicted molar refractivity (Wildman–Crippen MR) is 121 cm³/mol. The topological polar surface area (TPSA) is 60.0 Å². The zero-order valence-electron chi connectivity index (χ0n) is 18.0. The molecule has 2 aliphatic rings. The summed E-state index contributed by atoms with van der Waals surface area (Å²) in [7, 11) is 0. The molecule has 2 aliphatic heterocycles. The summed E-state index contributed by atoms with van der Waals surface area (Å²) < 4.78 is 0. The molecule has 0 bridgehead atoms. The summed E-state index contributed by atoms with van der Waals surface area (Å²) >= 11 is 1.83. The van der Waals surface area contributed by atoms with Gasteiger partial charge in [0, 0.05) is 37.0 Å². The average Bonchev–Trinajstić information content (AvgIpc) is 3.49. The first kappa shape index (κ1) is 22.1. The largest absolute Gasteiger partial charge is 0.357 e. The van der Waals surface area contributed by atoms with Crippen LogP contribution in [0, 0.1) is 0 Å². The van der Waals surface area contributed by atoms with Crippen molar-refractivity contribution < 1.29 is 4.79 Å². The summed E-state index contributed by atoms with van der Waals surface area (Å²) in [6, 6.07) is 5.09. The molecule has 2 N–H and O–H groups in total. The highest BCUT2D eigenvalue weighted by Crippen LogP contribution is 2.28. The second-order valence-corrected chi connectivity index (χ2v) is 8.94. The number of hydrogen-bond acceptors (Lipinski definition) is 4. The number of nitrogens with zero attached hydrogens (tertiary/aromatic N) is 3. The quantitative estimate of drug-likeness (QED) is 0.452. The Balaban J connectivity index is 1.56. The molecule has 3 rings (SSSR count). The van der Waals surface area contributed by atoms with Crippen molar-refractivity contribution in [3.05, 3.63) is 22.4 Å². The van der Waals surface area contributed by atoms with E-state index >= 15 is 0 Å². The first-order valence-electron chi connectivity index (χ1n) is 11.3. The van der Waals surface area contributed by atoms with Gasteiger partial charge in [0.05, 0.1) is 12.6 Å². The maximum atomic E-state index is 12.1. The van der Waals surface area contributed by atoms with Gasteiger partial charge in [-0.15, -0.1) is 11.3 Å². The lowest BCUT2D eigenvalue weighted by molar-refractivity contribution is -0.129. The smallest absolute Gasteiger partial charge is 0.222 e. The molecule has 2 unspecified atom stereocenters. The van der Waals surface area contributed by atoms with Crippen LogP contribution in [0.2, 0.25) is 0 Å². The van der Waals surface area contributed by atoms with Gasteiger partial charge < -0.3 is 15.5 Å². The van der Waals surface area contributed by atoms with Crippen LogP contribution in [0.4, 0.5) is 0 Å². The van der Waals surface area contributed by atoms with Gasteiger partial charge in [-0.25, -0.2) is 0 Å². The van der Waals surface area contributed by atoms with Crippen molar-refractivity contribution >= 4 is 23.2 Å². The van der Waals surface area contributed by atoms with Crippen molar-refractivity contribution in [3.8, 4) is 0 Å². The Hall–Kier alpha value is -1.60. The number of thiophene rings is 1. The van der Waals surface area contributed by atoms with Gasteiger partial charge in [-0.2, -0.15) is 0 Å². The van der Waals surface area contributed by atoms with E-state index in [-0.39, 0.29) is 0 Å². The summed E-state index contributed by atoms with van der Waals surface area (Å²) in [5.41, 5.74) is 0. The molecule has 2 atom stereocenters. The molecule has 3 heterocycles. The highest BCUT2D eigenvalue weighted by Gasteiger charge is 2.27. The molecule has 1 aromatic rings. The van der Waals surface area contributed by atoms with Crippen molar-refractivity contribution in [3.63, 3.8) is 0 Å². The molecular weight excluding hydrogens is 382 g/mol. The first-order valence-corrected chi connectivity index (χ1v) is 12.2. The molecule has 0 spiro atoms. The lowest BCUT2D eigenvalue weighted by Gasteiger charge is -2.27. The molecule has 0 saturated carbocycles. The molecular formula is C22H37N5OS. The number of likely N-dealkylation sites (tertiary alicyclic amines) is 2. The van der Waals surface area contributed by atoms with Gasteiger partial charge in [-0.3, -0.25) is 14.7 Å². The number of nitrogens with one attached hydrogen (secondary N) is 2. The Morgan fingerprint density at radius 2 is 2.03 bits per heavy atom. The third kappa shape index (κ3) is 6.19. The van der Waals surface area contributed by atoms with Gasteiger partial charge in [0.15, 0.2) is 5.96 Å². The fourth-order valence-electron chi connectivity index (χ4n) is 4.43. The third-order valence-electron chi connectivity index (χ3n) is 6.01. The molecule has 162 valence electrons. The van der Waals surface area contributed by atoms with Crippen LogP contribution in [0.3, 0.4) is 0 Å². The van der Waals surface area contributed by atoms with Crippen LogP contribution < -0.4 is 10.6 Å². The number of aliphatic imine (C=N–C) groups is 1. The number of carbonyl (C=O) groups excluding carboxylic acids is 1. The second kappa shape index (κ2) is 11.6. The molecule has 1 amide bonds. The predicted octanol–water partition coefficient (Wildman–Crippen LogP) is 3.23. The zero-order chi connectivity index (χ0) is 20.5. The Labute approximate surface area is 179 Å². The van der Waals surface area contributed by atoms with Crippen molar-refractivity contribution in [2.45, 2.75) is 64.5 Å². The van der Waals surface area contributed by atoms with E-state index in [0.717, 1.165) is 51.4 Å². The van der Waals surface area contributed by atoms with Crippen molar-refractivity contribution in [1.82, 2.24) is 20.4 Å². The molecule has 29 heavy (non-hydrogen) atoms. The van der Waals surface area contributed by atoms with E-state index in [1.54, 1.807) is 0 Å². The van der Waals surface area contributed by atoms with Crippen LogP contribution in [0.25, 0.3) is 0 Å². The third-order valence-corrected chi connectivity index (χ3v) is 6.99. The van der Waals surface area contributed by atoms with Gasteiger partial charge in [-0.1, -0.05) is 13.0 Å². The minimum absolute atomic E-state index is 0.321. The van der Waals surface area contributed by atoms with E-state index in [0.29, 0.717) is 24.4 Å². The lowest BCUT2D eigenvalue weighted by Crippen LogP contribution is -2.42. The maximum absolute atomic E-state index is 12.1. The number of amides is 1. The molecule has 2 fully saturated rings. The maximum Gasteiger partial charge on any atom is 0.222 e. The number of hydrogen-bond donors (Lipinski definition) is 2. The number of carbonyl (C=O) groups is 1. The molecule has 0 aromatic carbocycles. The standard InChI is InChI=1S/C22H37N5OS/c1-3-18(27-15-7-10-21(27)28)11-12-24-22(23-4-2)25-17-19(20-9-8-16-29-20)26-13-5-6-14-26/h8-9,16,18-19H,3-7,10-15,17H2,1-2H3,(H2,23,24,25). The Bertz CT molecular complexity index is 642. The number of guanidine groups is 1. The molecule has 7 heteroatoms. The van der Waals surface area contributed by atoms with Crippen LogP contribution in [0.15, 0.2) is 22.5 Å². The summed E-state index contributed by atoms with van der Waals surface area (Å²) in [5, 5.41) is 9.05. The summed E-state index contributed by atoms with van der Waals surface area (Å²) in [5.74, 6) is 1.21. The van der Waals surface area contributed by atoms with Crippen LogP contribution in [0.5, 0.6) is 0 Å². The Kier molecular flexibility index (Phi) is 8.80. The Morgan fingerprint density at radius 3 is 2.66 bits per heavy atom. The van der Waals surface area contributed by atoms with Gasteiger partial charge in [0.2, 0.25) is 5.91 Å².